The molecule has 0 saturated heterocycles. The summed E-state index contributed by atoms with van der Waals surface area (Å²) in [5.41, 5.74) is 2.90. The number of benzene rings is 2. The highest BCUT2D eigenvalue weighted by molar-refractivity contribution is 5.93. The van der Waals surface area contributed by atoms with E-state index in [1.54, 1.807) is 24.3 Å². The third kappa shape index (κ3) is 5.53. The van der Waals surface area contributed by atoms with Crippen LogP contribution in [-0.2, 0) is 11.3 Å². The zero-order valence-corrected chi connectivity index (χ0v) is 20.1. The monoisotopic (exact) mass is 478 g/mol. The van der Waals surface area contributed by atoms with Crippen LogP contribution >= 0.6 is 0 Å². The second-order valence-electron chi connectivity index (χ2n) is 9.02. The van der Waals surface area contributed by atoms with E-state index in [0.717, 1.165) is 37.8 Å². The van der Waals surface area contributed by atoms with Gasteiger partial charge in [-0.25, -0.2) is 9.18 Å². The lowest BCUT2D eigenvalue weighted by atomic mass is 9.82. The standard InChI is InChI=1S/C27H31FN4O3/c1-3-18(4-2)26(34)30-21-11-12-22(25(33)14-21)23-15-24(19-8-6-9-19)32(31-23)27(35)29-16-17-7-5-10-20(28)13-17/h5,7,10-15,18-19,33H,3-4,6,8-9,16H2,1-2H3,(H,29,35)(H,30,34). The van der Waals surface area contributed by atoms with Crippen LogP contribution < -0.4 is 10.6 Å². The highest BCUT2D eigenvalue weighted by Gasteiger charge is 2.27. The van der Waals surface area contributed by atoms with Crippen LogP contribution in [0, 0.1) is 11.7 Å². The number of hydrogen-bond acceptors (Lipinski definition) is 4. The minimum absolute atomic E-state index is 0.0303. The van der Waals surface area contributed by atoms with Gasteiger partial charge in [-0.3, -0.25) is 4.79 Å². The van der Waals surface area contributed by atoms with Crippen LogP contribution in [0.5, 0.6) is 5.75 Å². The van der Waals surface area contributed by atoms with E-state index in [1.165, 1.54) is 22.9 Å². The maximum Gasteiger partial charge on any atom is 0.342 e. The number of anilines is 1. The van der Waals surface area contributed by atoms with Gasteiger partial charge in [0.1, 0.15) is 11.6 Å². The van der Waals surface area contributed by atoms with Crippen LogP contribution in [0.2, 0.25) is 0 Å². The van der Waals surface area contributed by atoms with Gasteiger partial charge in [0.25, 0.3) is 0 Å². The Morgan fingerprint density at radius 3 is 2.54 bits per heavy atom. The molecule has 4 rings (SSSR count). The van der Waals surface area contributed by atoms with Crippen molar-refractivity contribution in [3.8, 4) is 17.0 Å². The van der Waals surface area contributed by atoms with Crippen LogP contribution in [0.4, 0.5) is 14.9 Å². The lowest BCUT2D eigenvalue weighted by molar-refractivity contribution is -0.120. The van der Waals surface area contributed by atoms with Gasteiger partial charge in [-0.05, 0) is 61.6 Å². The summed E-state index contributed by atoms with van der Waals surface area (Å²) in [6, 6.07) is 12.4. The quantitative estimate of drug-likeness (QED) is 0.382. The van der Waals surface area contributed by atoms with E-state index in [0.29, 0.717) is 22.5 Å². The first kappa shape index (κ1) is 24.4. The lowest BCUT2D eigenvalue weighted by Crippen LogP contribution is -2.31. The summed E-state index contributed by atoms with van der Waals surface area (Å²) in [6.07, 6.45) is 4.51. The maximum atomic E-state index is 13.5. The zero-order chi connectivity index (χ0) is 24.9. The molecule has 0 spiro atoms. The SMILES string of the molecule is CCC(CC)C(=O)Nc1ccc(-c2cc(C3CCC3)n(C(=O)NCc3cccc(F)c3)n2)c(O)c1. The van der Waals surface area contributed by atoms with Gasteiger partial charge in [0, 0.05) is 35.7 Å². The molecule has 1 fully saturated rings. The first-order valence-electron chi connectivity index (χ1n) is 12.2. The van der Waals surface area contributed by atoms with E-state index in [1.807, 2.05) is 19.9 Å². The molecular formula is C27H31FN4O3. The van der Waals surface area contributed by atoms with E-state index in [4.69, 9.17) is 0 Å². The Bertz CT molecular complexity index is 1210. The van der Waals surface area contributed by atoms with Crippen LogP contribution in [0.3, 0.4) is 0 Å². The van der Waals surface area contributed by atoms with Crippen molar-refractivity contribution in [1.82, 2.24) is 15.1 Å². The largest absolute Gasteiger partial charge is 0.507 e. The predicted molar refractivity (Wildman–Crippen MR) is 133 cm³/mol. The van der Waals surface area contributed by atoms with Crippen molar-refractivity contribution < 1.29 is 19.1 Å². The van der Waals surface area contributed by atoms with Gasteiger partial charge in [-0.15, -0.1) is 0 Å². The van der Waals surface area contributed by atoms with E-state index in [2.05, 4.69) is 15.7 Å². The molecule has 184 valence electrons. The van der Waals surface area contributed by atoms with Gasteiger partial charge >= 0.3 is 6.03 Å². The fraction of sp³-hybridized carbons (Fsp3) is 0.370. The highest BCUT2D eigenvalue weighted by Crippen LogP contribution is 2.39. The molecule has 1 saturated carbocycles. The minimum Gasteiger partial charge on any atom is -0.507 e. The van der Waals surface area contributed by atoms with Gasteiger partial charge in [0.15, 0.2) is 0 Å². The molecule has 0 atom stereocenters. The number of halogens is 1. The molecule has 0 aliphatic heterocycles. The minimum atomic E-state index is -0.407. The molecule has 1 aliphatic rings. The number of nitrogens with zero attached hydrogens (tertiary/aromatic N) is 2. The molecule has 2 aromatic carbocycles. The molecule has 0 unspecified atom stereocenters. The summed E-state index contributed by atoms with van der Waals surface area (Å²) in [7, 11) is 0. The molecule has 35 heavy (non-hydrogen) atoms. The maximum absolute atomic E-state index is 13.5. The molecule has 3 aromatic rings. The second-order valence-corrected chi connectivity index (χ2v) is 9.02. The second kappa shape index (κ2) is 10.7. The Hall–Kier alpha value is -3.68. The number of carbonyl (C=O) groups excluding carboxylic acids is 2. The van der Waals surface area contributed by atoms with Crippen LogP contribution in [0.25, 0.3) is 11.3 Å². The summed E-state index contributed by atoms with van der Waals surface area (Å²) < 4.78 is 14.8. The number of hydrogen-bond donors (Lipinski definition) is 3. The van der Waals surface area contributed by atoms with E-state index >= 15 is 0 Å². The van der Waals surface area contributed by atoms with E-state index < -0.39 is 6.03 Å². The average molecular weight is 479 g/mol. The van der Waals surface area contributed by atoms with E-state index in [-0.39, 0.29) is 35.9 Å². The summed E-state index contributed by atoms with van der Waals surface area (Å²) >= 11 is 0. The molecule has 1 aromatic heterocycles. The number of nitrogens with one attached hydrogen (secondary N) is 2. The summed E-state index contributed by atoms with van der Waals surface area (Å²) in [4.78, 5) is 25.4. The summed E-state index contributed by atoms with van der Waals surface area (Å²) in [6.45, 7) is 4.11. The number of amides is 2. The summed E-state index contributed by atoms with van der Waals surface area (Å²) in [5, 5.41) is 20.9. The fourth-order valence-corrected chi connectivity index (χ4v) is 4.31. The molecule has 8 heteroatoms. The van der Waals surface area contributed by atoms with Crippen LogP contribution in [-0.4, -0.2) is 26.8 Å². The number of aromatic nitrogens is 2. The van der Waals surface area contributed by atoms with Crippen molar-refractivity contribution in [2.24, 2.45) is 5.92 Å². The number of phenols is 1. The first-order chi connectivity index (χ1) is 16.9. The molecule has 1 heterocycles. The van der Waals surface area contributed by atoms with Gasteiger partial charge in [0.2, 0.25) is 5.91 Å². The Kier molecular flexibility index (Phi) is 7.48. The van der Waals surface area contributed by atoms with Crippen molar-refractivity contribution in [2.75, 3.05) is 5.32 Å². The molecule has 7 nitrogen and oxygen atoms in total. The van der Waals surface area contributed by atoms with Crippen LogP contribution in [0.15, 0.2) is 48.5 Å². The molecule has 1 aliphatic carbocycles. The van der Waals surface area contributed by atoms with Crippen molar-refractivity contribution in [2.45, 2.75) is 58.4 Å². The van der Waals surface area contributed by atoms with Crippen molar-refractivity contribution >= 4 is 17.6 Å². The van der Waals surface area contributed by atoms with Crippen LogP contribution in [0.1, 0.15) is 63.1 Å². The lowest BCUT2D eigenvalue weighted by Gasteiger charge is -2.25. The number of aromatic hydroxyl groups is 1. The van der Waals surface area contributed by atoms with Gasteiger partial charge < -0.3 is 15.7 Å². The molecule has 3 N–H and O–H groups in total. The first-order valence-corrected chi connectivity index (χ1v) is 12.2. The molecule has 0 bridgehead atoms. The van der Waals surface area contributed by atoms with Gasteiger partial charge in [0.05, 0.1) is 11.4 Å². The van der Waals surface area contributed by atoms with Crippen molar-refractivity contribution in [1.29, 1.82) is 0 Å². The third-order valence-electron chi connectivity index (χ3n) is 6.68. The third-order valence-corrected chi connectivity index (χ3v) is 6.68. The predicted octanol–water partition coefficient (Wildman–Crippen LogP) is 5.79. The Labute approximate surface area is 204 Å². The Morgan fingerprint density at radius 2 is 1.91 bits per heavy atom. The Balaban J connectivity index is 1.55. The highest BCUT2D eigenvalue weighted by atomic mass is 19.1. The van der Waals surface area contributed by atoms with Crippen molar-refractivity contribution in [3.05, 3.63) is 65.6 Å². The molecule has 0 radical (unpaired) electrons. The molecule has 2 amide bonds. The zero-order valence-electron chi connectivity index (χ0n) is 20.1. The average Bonchev–Trinajstić information content (AvgIpc) is 3.21. The van der Waals surface area contributed by atoms with Gasteiger partial charge in [-0.2, -0.15) is 9.78 Å². The molecular weight excluding hydrogens is 447 g/mol. The number of rotatable bonds is 8. The Morgan fingerprint density at radius 1 is 1.14 bits per heavy atom. The number of phenolic OH excluding ortho intramolecular Hbond substituents is 1. The van der Waals surface area contributed by atoms with E-state index in [9.17, 15) is 19.1 Å². The smallest absolute Gasteiger partial charge is 0.342 e. The summed E-state index contributed by atoms with van der Waals surface area (Å²) in [5.74, 6) is -0.324. The normalized spacial score (nSPS) is 13.5. The number of carbonyl (C=O) groups is 2. The topological polar surface area (TPSA) is 96.3 Å². The van der Waals surface area contributed by atoms with Crippen molar-refractivity contribution in [3.63, 3.8) is 0 Å². The fourth-order valence-electron chi connectivity index (χ4n) is 4.31. The van der Waals surface area contributed by atoms with Gasteiger partial charge in [-0.1, -0.05) is 32.4 Å².